The largest absolute Gasteiger partial charge is 0.396 e. The van der Waals surface area contributed by atoms with Crippen molar-refractivity contribution in [2.75, 3.05) is 37.1 Å². The van der Waals surface area contributed by atoms with Crippen molar-refractivity contribution < 1.29 is 17.9 Å². The fourth-order valence-electron chi connectivity index (χ4n) is 2.46. The Kier molecular flexibility index (Phi) is 4.60. The predicted molar refractivity (Wildman–Crippen MR) is 84.1 cm³/mol. The zero-order valence-electron chi connectivity index (χ0n) is 12.4. The first-order valence-corrected chi connectivity index (χ1v) is 9.43. The van der Waals surface area contributed by atoms with Gasteiger partial charge >= 0.3 is 0 Å². The van der Waals surface area contributed by atoms with Gasteiger partial charge in [0.1, 0.15) is 9.90 Å². The monoisotopic (exact) mass is 332 g/mol. The van der Waals surface area contributed by atoms with Crippen molar-refractivity contribution in [2.45, 2.75) is 30.8 Å². The molecule has 2 N–H and O–H groups in total. The number of carbonyl (C=O) groups excluding carboxylic acids is 1. The van der Waals surface area contributed by atoms with Gasteiger partial charge in [-0.3, -0.25) is 4.79 Å². The van der Waals surface area contributed by atoms with Crippen molar-refractivity contribution >= 4 is 37.6 Å². The standard InChI is InChI=1S/C13H20N2O4S2/c1-4-9(16)11-10(14)12(21(3,17)18)13(20-11)15-6-5-8(7-15)19-2/h8H,4-7,14H2,1-3H3. The molecule has 6 nitrogen and oxygen atoms in total. The molecule has 1 aliphatic rings. The average molecular weight is 332 g/mol. The van der Waals surface area contributed by atoms with E-state index in [4.69, 9.17) is 10.5 Å². The molecule has 0 saturated carbocycles. The van der Waals surface area contributed by atoms with E-state index >= 15 is 0 Å². The normalized spacial score (nSPS) is 19.2. The molecule has 0 amide bonds. The molecule has 2 heterocycles. The van der Waals surface area contributed by atoms with Crippen LogP contribution < -0.4 is 10.6 Å². The fraction of sp³-hybridized carbons (Fsp3) is 0.615. The molecular formula is C13H20N2O4S2. The number of nitrogen functional groups attached to an aromatic ring is 1. The van der Waals surface area contributed by atoms with E-state index in [9.17, 15) is 13.2 Å². The van der Waals surface area contributed by atoms with E-state index in [0.29, 0.717) is 29.4 Å². The van der Waals surface area contributed by atoms with Crippen molar-refractivity contribution in [3.63, 3.8) is 0 Å². The summed E-state index contributed by atoms with van der Waals surface area (Å²) in [6, 6.07) is 0. The van der Waals surface area contributed by atoms with Gasteiger partial charge in [-0.1, -0.05) is 6.92 Å². The highest BCUT2D eigenvalue weighted by Gasteiger charge is 2.32. The van der Waals surface area contributed by atoms with Gasteiger partial charge in [0.05, 0.1) is 16.7 Å². The van der Waals surface area contributed by atoms with Crippen LogP contribution in [0.1, 0.15) is 29.4 Å². The van der Waals surface area contributed by atoms with E-state index in [2.05, 4.69) is 0 Å². The number of rotatable bonds is 5. The number of Topliss-reactive ketones (excluding diaryl/α,β-unsaturated/α-hetero) is 1. The Labute approximate surface area is 128 Å². The lowest BCUT2D eigenvalue weighted by atomic mass is 10.2. The Balaban J connectivity index is 2.52. The summed E-state index contributed by atoms with van der Waals surface area (Å²) in [4.78, 5) is 14.3. The molecule has 0 aromatic carbocycles. The highest BCUT2D eigenvalue weighted by molar-refractivity contribution is 7.91. The van der Waals surface area contributed by atoms with Crippen LogP contribution in [-0.2, 0) is 14.6 Å². The molecule has 21 heavy (non-hydrogen) atoms. The highest BCUT2D eigenvalue weighted by atomic mass is 32.2. The topological polar surface area (TPSA) is 89.7 Å². The molecule has 1 atom stereocenters. The SMILES string of the molecule is CCC(=O)c1sc(N2CCC(OC)C2)c(S(C)(=O)=O)c1N. The smallest absolute Gasteiger partial charge is 0.180 e. The van der Waals surface area contributed by atoms with Crippen LogP contribution in [0.3, 0.4) is 0 Å². The van der Waals surface area contributed by atoms with E-state index in [1.54, 1.807) is 14.0 Å². The van der Waals surface area contributed by atoms with E-state index in [-0.39, 0.29) is 22.5 Å². The van der Waals surface area contributed by atoms with Crippen LogP contribution in [-0.4, -0.2) is 46.8 Å². The van der Waals surface area contributed by atoms with Gasteiger partial charge in [0.25, 0.3) is 0 Å². The number of nitrogens with two attached hydrogens (primary N) is 1. The zero-order valence-corrected chi connectivity index (χ0v) is 14.0. The summed E-state index contributed by atoms with van der Waals surface area (Å²) >= 11 is 1.17. The Bertz CT molecular complexity index is 651. The molecule has 1 fully saturated rings. The number of thiophene rings is 1. The summed E-state index contributed by atoms with van der Waals surface area (Å²) in [6.45, 7) is 3.04. The van der Waals surface area contributed by atoms with Crippen LogP contribution in [0.2, 0.25) is 0 Å². The maximum Gasteiger partial charge on any atom is 0.180 e. The lowest BCUT2D eigenvalue weighted by Crippen LogP contribution is -2.22. The molecule has 0 spiro atoms. The van der Waals surface area contributed by atoms with Gasteiger partial charge in [0.15, 0.2) is 15.6 Å². The number of ketones is 1. The second-order valence-electron chi connectivity index (χ2n) is 5.12. The number of hydrogen-bond donors (Lipinski definition) is 1. The van der Waals surface area contributed by atoms with Gasteiger partial charge in [-0.2, -0.15) is 0 Å². The molecule has 1 aliphatic heterocycles. The van der Waals surface area contributed by atoms with Crippen LogP contribution in [0.25, 0.3) is 0 Å². The summed E-state index contributed by atoms with van der Waals surface area (Å²) < 4.78 is 29.4. The molecule has 1 aromatic heterocycles. The van der Waals surface area contributed by atoms with Crippen molar-refractivity contribution in [1.82, 2.24) is 0 Å². The fourth-order valence-corrected chi connectivity index (χ4v) is 5.21. The van der Waals surface area contributed by atoms with E-state index in [1.807, 2.05) is 4.90 Å². The second kappa shape index (κ2) is 5.94. The molecule has 118 valence electrons. The van der Waals surface area contributed by atoms with Gasteiger partial charge in [-0.25, -0.2) is 8.42 Å². The van der Waals surface area contributed by atoms with Gasteiger partial charge in [-0.15, -0.1) is 11.3 Å². The minimum atomic E-state index is -3.50. The van der Waals surface area contributed by atoms with E-state index in [1.165, 1.54) is 11.3 Å². The second-order valence-corrected chi connectivity index (χ2v) is 8.07. The summed E-state index contributed by atoms with van der Waals surface area (Å²) in [6.07, 6.45) is 2.33. The first kappa shape index (κ1) is 16.3. The van der Waals surface area contributed by atoms with Gasteiger partial charge in [0.2, 0.25) is 0 Å². The third kappa shape index (κ3) is 3.07. The van der Waals surface area contributed by atoms with Crippen LogP contribution in [0.15, 0.2) is 4.90 Å². The Hall–Kier alpha value is -1.12. The summed E-state index contributed by atoms with van der Waals surface area (Å²) in [5.74, 6) is -0.129. The number of anilines is 2. The number of hydrogen-bond acceptors (Lipinski definition) is 7. The predicted octanol–water partition coefficient (Wildman–Crippen LogP) is 1.55. The molecule has 1 saturated heterocycles. The Morgan fingerprint density at radius 2 is 2.19 bits per heavy atom. The summed E-state index contributed by atoms with van der Waals surface area (Å²) in [5, 5.41) is 0.561. The number of carbonyl (C=O) groups is 1. The Morgan fingerprint density at radius 1 is 1.52 bits per heavy atom. The molecule has 2 rings (SSSR count). The third-order valence-corrected chi connectivity index (χ3v) is 6.18. The maximum atomic E-state index is 12.1. The first-order valence-electron chi connectivity index (χ1n) is 6.72. The van der Waals surface area contributed by atoms with Gasteiger partial charge in [-0.05, 0) is 6.42 Å². The molecule has 1 aromatic rings. The van der Waals surface area contributed by atoms with Crippen LogP contribution in [0, 0.1) is 0 Å². The van der Waals surface area contributed by atoms with Gasteiger partial charge in [0, 0.05) is 32.9 Å². The molecule has 0 aliphatic carbocycles. The van der Waals surface area contributed by atoms with E-state index < -0.39 is 9.84 Å². The van der Waals surface area contributed by atoms with Crippen molar-refractivity contribution in [3.05, 3.63) is 4.88 Å². The quantitative estimate of drug-likeness (QED) is 0.823. The minimum Gasteiger partial charge on any atom is -0.396 e. The first-order chi connectivity index (χ1) is 9.79. The molecule has 1 unspecified atom stereocenters. The zero-order chi connectivity index (χ0) is 15.8. The number of methoxy groups -OCH3 is 1. The van der Waals surface area contributed by atoms with Crippen molar-refractivity contribution in [3.8, 4) is 0 Å². The number of ether oxygens (including phenoxy) is 1. The summed E-state index contributed by atoms with van der Waals surface area (Å²) in [7, 11) is -1.86. The molecule has 0 bridgehead atoms. The number of nitrogens with zero attached hydrogens (tertiary/aromatic N) is 1. The van der Waals surface area contributed by atoms with Crippen LogP contribution in [0.4, 0.5) is 10.7 Å². The number of sulfone groups is 1. The lowest BCUT2D eigenvalue weighted by Gasteiger charge is -2.17. The Morgan fingerprint density at radius 3 is 2.67 bits per heavy atom. The van der Waals surface area contributed by atoms with E-state index in [0.717, 1.165) is 12.7 Å². The highest BCUT2D eigenvalue weighted by Crippen LogP contribution is 2.43. The minimum absolute atomic E-state index is 0.0751. The maximum absolute atomic E-state index is 12.1. The van der Waals surface area contributed by atoms with Crippen molar-refractivity contribution in [1.29, 1.82) is 0 Å². The van der Waals surface area contributed by atoms with Crippen LogP contribution >= 0.6 is 11.3 Å². The molecular weight excluding hydrogens is 312 g/mol. The average Bonchev–Trinajstić information content (AvgIpc) is 3.00. The van der Waals surface area contributed by atoms with Crippen LogP contribution in [0.5, 0.6) is 0 Å². The van der Waals surface area contributed by atoms with Gasteiger partial charge < -0.3 is 15.4 Å². The molecule has 0 radical (unpaired) electrons. The van der Waals surface area contributed by atoms with Crippen molar-refractivity contribution in [2.24, 2.45) is 0 Å². The summed E-state index contributed by atoms with van der Waals surface area (Å²) in [5.41, 5.74) is 6.04. The molecule has 8 heteroatoms. The third-order valence-electron chi connectivity index (χ3n) is 3.59. The lowest BCUT2D eigenvalue weighted by molar-refractivity contribution is 0.0992.